The first kappa shape index (κ1) is 12.8. The molecule has 0 amide bonds. The predicted octanol–water partition coefficient (Wildman–Crippen LogP) is 2.55. The van der Waals surface area contributed by atoms with Crippen molar-refractivity contribution in [1.82, 2.24) is 10.2 Å². The number of aliphatic hydroxyl groups excluding tert-OH is 1. The molecule has 0 spiro atoms. The monoisotopic (exact) mass is 255 g/mol. The highest BCUT2D eigenvalue weighted by Gasteiger charge is 2.25. The van der Waals surface area contributed by atoms with Gasteiger partial charge in [-0.25, -0.2) is 0 Å². The van der Waals surface area contributed by atoms with Gasteiger partial charge in [-0.2, -0.15) is 0 Å². The summed E-state index contributed by atoms with van der Waals surface area (Å²) in [6.45, 7) is 6.40. The summed E-state index contributed by atoms with van der Waals surface area (Å²) in [5.74, 6) is 0. The molecule has 96 valence electrons. The van der Waals surface area contributed by atoms with Crippen molar-refractivity contribution in [3.63, 3.8) is 0 Å². The Morgan fingerprint density at radius 2 is 1.94 bits per heavy atom. The van der Waals surface area contributed by atoms with Crippen molar-refractivity contribution in [3.05, 3.63) is 5.01 Å². The molecular weight excluding hydrogens is 234 g/mol. The summed E-state index contributed by atoms with van der Waals surface area (Å²) in [5.41, 5.74) is 0.0444. The molecule has 2 atom stereocenters. The third-order valence-corrected chi connectivity index (χ3v) is 4.39. The van der Waals surface area contributed by atoms with E-state index in [1.54, 1.807) is 11.3 Å². The lowest BCUT2D eigenvalue weighted by molar-refractivity contribution is 0.116. The zero-order valence-electron chi connectivity index (χ0n) is 10.7. The predicted molar refractivity (Wildman–Crippen MR) is 70.5 cm³/mol. The van der Waals surface area contributed by atoms with E-state index >= 15 is 0 Å². The largest absolute Gasteiger partial charge is 0.391 e. The molecular formula is C12H21N3OS. The molecule has 2 N–H and O–H groups in total. The Morgan fingerprint density at radius 1 is 1.24 bits per heavy atom. The van der Waals surface area contributed by atoms with E-state index < -0.39 is 0 Å². The van der Waals surface area contributed by atoms with Crippen molar-refractivity contribution in [2.45, 2.75) is 64.0 Å². The number of nitrogens with zero attached hydrogens (tertiary/aromatic N) is 2. The summed E-state index contributed by atoms with van der Waals surface area (Å²) in [6.07, 6.45) is 3.97. The Kier molecular flexibility index (Phi) is 3.68. The number of rotatable bonds is 2. The summed E-state index contributed by atoms with van der Waals surface area (Å²) in [4.78, 5) is 0. The number of hydrogen-bond donors (Lipinski definition) is 2. The van der Waals surface area contributed by atoms with Crippen molar-refractivity contribution < 1.29 is 5.11 Å². The van der Waals surface area contributed by atoms with E-state index in [0.29, 0.717) is 0 Å². The zero-order valence-corrected chi connectivity index (χ0v) is 11.5. The van der Waals surface area contributed by atoms with Crippen LogP contribution in [0, 0.1) is 0 Å². The molecule has 1 aromatic heterocycles. The van der Waals surface area contributed by atoms with Crippen molar-refractivity contribution in [1.29, 1.82) is 0 Å². The van der Waals surface area contributed by atoms with Crippen LogP contribution in [0.4, 0.5) is 5.13 Å². The molecule has 17 heavy (non-hydrogen) atoms. The van der Waals surface area contributed by atoms with Crippen molar-refractivity contribution in [2.75, 3.05) is 5.32 Å². The van der Waals surface area contributed by atoms with E-state index in [9.17, 15) is 5.11 Å². The van der Waals surface area contributed by atoms with Crippen molar-refractivity contribution in [2.24, 2.45) is 0 Å². The molecule has 0 radical (unpaired) electrons. The quantitative estimate of drug-likeness (QED) is 0.852. The first-order valence-electron chi connectivity index (χ1n) is 6.25. The van der Waals surface area contributed by atoms with Gasteiger partial charge < -0.3 is 10.4 Å². The number of nitrogens with one attached hydrogen (secondary N) is 1. The molecule has 1 aliphatic rings. The molecule has 1 heterocycles. The summed E-state index contributed by atoms with van der Waals surface area (Å²) >= 11 is 1.59. The van der Waals surface area contributed by atoms with E-state index in [0.717, 1.165) is 29.4 Å². The van der Waals surface area contributed by atoms with Crippen molar-refractivity contribution in [3.8, 4) is 0 Å². The lowest BCUT2D eigenvalue weighted by atomic mass is 9.93. The minimum Gasteiger partial charge on any atom is -0.391 e. The topological polar surface area (TPSA) is 58.0 Å². The highest BCUT2D eigenvalue weighted by Crippen LogP contribution is 2.29. The molecule has 2 rings (SSSR count). The molecule has 0 aliphatic heterocycles. The Balaban J connectivity index is 2.01. The lowest BCUT2D eigenvalue weighted by Crippen LogP contribution is -2.36. The second-order valence-corrected chi connectivity index (χ2v) is 6.74. The smallest absolute Gasteiger partial charge is 0.206 e. The van der Waals surface area contributed by atoms with Gasteiger partial charge in [-0.05, 0) is 12.8 Å². The van der Waals surface area contributed by atoms with E-state index in [1.165, 1.54) is 6.42 Å². The van der Waals surface area contributed by atoms with Gasteiger partial charge in [0.2, 0.25) is 5.13 Å². The van der Waals surface area contributed by atoms with Crippen LogP contribution < -0.4 is 5.32 Å². The molecule has 1 aromatic rings. The molecule has 1 saturated carbocycles. The SMILES string of the molecule is CC(C)(C)c1nnc(N[C@H]2CCCC[C@@H]2O)s1. The van der Waals surface area contributed by atoms with Crippen LogP contribution in [0.15, 0.2) is 0 Å². The minimum atomic E-state index is -0.245. The molecule has 1 fully saturated rings. The Hall–Kier alpha value is -0.680. The van der Waals surface area contributed by atoms with Crippen LogP contribution in [0.5, 0.6) is 0 Å². The van der Waals surface area contributed by atoms with Gasteiger partial charge in [0, 0.05) is 5.41 Å². The van der Waals surface area contributed by atoms with Gasteiger partial charge in [0.05, 0.1) is 12.1 Å². The van der Waals surface area contributed by atoms with E-state index in [2.05, 4.69) is 36.3 Å². The fraction of sp³-hybridized carbons (Fsp3) is 0.833. The first-order chi connectivity index (χ1) is 7.97. The average molecular weight is 255 g/mol. The van der Waals surface area contributed by atoms with Crippen LogP contribution in [-0.4, -0.2) is 27.4 Å². The molecule has 4 nitrogen and oxygen atoms in total. The van der Waals surface area contributed by atoms with Gasteiger partial charge >= 0.3 is 0 Å². The van der Waals surface area contributed by atoms with Crippen LogP contribution in [0.3, 0.4) is 0 Å². The summed E-state index contributed by atoms with van der Waals surface area (Å²) < 4.78 is 0. The standard InChI is InChI=1S/C12H21N3OS/c1-12(2,3)10-14-15-11(17-10)13-8-6-4-5-7-9(8)16/h8-9,16H,4-7H2,1-3H3,(H,13,15)/t8-,9-/m0/s1. The minimum absolute atomic E-state index is 0.0444. The molecule has 0 aromatic carbocycles. The summed E-state index contributed by atoms with van der Waals surface area (Å²) in [7, 11) is 0. The van der Waals surface area contributed by atoms with Crippen LogP contribution in [0.2, 0.25) is 0 Å². The second kappa shape index (κ2) is 4.90. The maximum absolute atomic E-state index is 9.89. The number of aromatic nitrogens is 2. The molecule has 0 unspecified atom stereocenters. The Bertz CT molecular complexity index is 372. The molecule has 0 bridgehead atoms. The van der Waals surface area contributed by atoms with Crippen LogP contribution in [-0.2, 0) is 5.41 Å². The Labute approximate surface area is 106 Å². The van der Waals surface area contributed by atoms with Gasteiger partial charge in [-0.1, -0.05) is 44.9 Å². The third kappa shape index (κ3) is 3.16. The van der Waals surface area contributed by atoms with Crippen LogP contribution in [0.1, 0.15) is 51.5 Å². The second-order valence-electron chi connectivity index (χ2n) is 5.77. The van der Waals surface area contributed by atoms with Gasteiger partial charge in [-0.3, -0.25) is 0 Å². The first-order valence-corrected chi connectivity index (χ1v) is 7.07. The normalized spacial score (nSPS) is 25.9. The van der Waals surface area contributed by atoms with E-state index in [1.807, 2.05) is 0 Å². The maximum Gasteiger partial charge on any atom is 0.206 e. The highest BCUT2D eigenvalue weighted by molar-refractivity contribution is 7.15. The van der Waals surface area contributed by atoms with E-state index in [-0.39, 0.29) is 17.6 Å². The van der Waals surface area contributed by atoms with Gasteiger partial charge in [-0.15, -0.1) is 10.2 Å². The average Bonchev–Trinajstić information content (AvgIpc) is 2.69. The molecule has 1 aliphatic carbocycles. The van der Waals surface area contributed by atoms with Crippen LogP contribution >= 0.6 is 11.3 Å². The third-order valence-electron chi connectivity index (χ3n) is 3.10. The fourth-order valence-electron chi connectivity index (χ4n) is 2.02. The van der Waals surface area contributed by atoms with E-state index in [4.69, 9.17) is 0 Å². The van der Waals surface area contributed by atoms with Gasteiger partial charge in [0.1, 0.15) is 5.01 Å². The number of aliphatic hydroxyl groups is 1. The van der Waals surface area contributed by atoms with Crippen LogP contribution in [0.25, 0.3) is 0 Å². The lowest BCUT2D eigenvalue weighted by Gasteiger charge is -2.27. The summed E-state index contributed by atoms with van der Waals surface area (Å²) in [5, 5.41) is 23.4. The van der Waals surface area contributed by atoms with Gasteiger partial charge in [0.25, 0.3) is 0 Å². The molecule has 0 saturated heterocycles. The Morgan fingerprint density at radius 3 is 2.53 bits per heavy atom. The summed E-state index contributed by atoms with van der Waals surface area (Å²) in [6, 6.07) is 0.143. The zero-order chi connectivity index (χ0) is 12.5. The fourth-order valence-corrected chi connectivity index (χ4v) is 2.89. The van der Waals surface area contributed by atoms with Gasteiger partial charge in [0.15, 0.2) is 0 Å². The molecule has 5 heteroatoms. The van der Waals surface area contributed by atoms with Crippen molar-refractivity contribution >= 4 is 16.5 Å². The number of anilines is 1. The number of hydrogen-bond acceptors (Lipinski definition) is 5. The highest BCUT2D eigenvalue weighted by atomic mass is 32.1. The maximum atomic E-state index is 9.89.